The molecule has 0 bridgehead atoms. The second-order valence-corrected chi connectivity index (χ2v) is 9.08. The lowest BCUT2D eigenvalue weighted by molar-refractivity contribution is -0.138. The van der Waals surface area contributed by atoms with Gasteiger partial charge in [0.05, 0.1) is 6.61 Å². The minimum absolute atomic E-state index is 0.0584. The van der Waals surface area contributed by atoms with E-state index in [0.717, 1.165) is 18.4 Å². The van der Waals surface area contributed by atoms with Crippen LogP contribution < -0.4 is 10.6 Å². The van der Waals surface area contributed by atoms with Crippen molar-refractivity contribution in [2.75, 3.05) is 44.6 Å². The lowest BCUT2D eigenvalue weighted by Crippen LogP contribution is -2.56. The molecule has 1 aromatic heterocycles. The summed E-state index contributed by atoms with van der Waals surface area (Å²) in [7, 11) is 0. The number of benzene rings is 1. The van der Waals surface area contributed by atoms with Crippen molar-refractivity contribution < 1.29 is 29.0 Å². The summed E-state index contributed by atoms with van der Waals surface area (Å²) in [5.41, 5.74) is 0.784. The highest BCUT2D eigenvalue weighted by atomic mass is 16.6. The molecule has 1 saturated heterocycles. The number of carbonyl (C=O) groups excluding carboxylic acids is 3. The summed E-state index contributed by atoms with van der Waals surface area (Å²) in [5, 5.41) is 15.1. The molecule has 1 unspecified atom stereocenters. The number of hydrogen-bond acceptors (Lipinski definition) is 8. The number of aromatic nitrogens is 2. The molecule has 1 aliphatic rings. The van der Waals surface area contributed by atoms with Crippen molar-refractivity contribution in [3.8, 4) is 11.4 Å². The Morgan fingerprint density at radius 3 is 2.36 bits per heavy atom. The fraction of sp³-hybridized carbons (Fsp3) is 0.481. The molecule has 0 radical (unpaired) electrons. The highest BCUT2D eigenvalue weighted by Gasteiger charge is 2.31. The molecule has 12 nitrogen and oxygen atoms in total. The molecule has 3 rings (SSSR count). The van der Waals surface area contributed by atoms with E-state index in [0.29, 0.717) is 18.2 Å². The topological polar surface area (TPSA) is 154 Å². The summed E-state index contributed by atoms with van der Waals surface area (Å²) >= 11 is 0. The number of hydrogen-bond donors (Lipinski definition) is 3. The number of nitrogens with zero attached hydrogens (tertiary/aromatic N) is 4. The molecule has 0 aliphatic carbocycles. The van der Waals surface area contributed by atoms with Gasteiger partial charge in [0.1, 0.15) is 17.6 Å². The van der Waals surface area contributed by atoms with Crippen molar-refractivity contribution in [2.24, 2.45) is 0 Å². The summed E-state index contributed by atoms with van der Waals surface area (Å²) in [6, 6.07) is 9.68. The zero-order valence-electron chi connectivity index (χ0n) is 22.4. The van der Waals surface area contributed by atoms with Crippen LogP contribution in [0.1, 0.15) is 50.0 Å². The normalized spacial score (nSPS) is 13.9. The van der Waals surface area contributed by atoms with Crippen LogP contribution in [0.4, 0.5) is 10.6 Å². The predicted molar refractivity (Wildman–Crippen MR) is 144 cm³/mol. The molecule has 1 fully saturated rings. The lowest BCUT2D eigenvalue weighted by Gasteiger charge is -2.35. The van der Waals surface area contributed by atoms with Gasteiger partial charge in [0.15, 0.2) is 5.82 Å². The number of unbranched alkanes of at least 4 members (excludes halogenated alkanes) is 1. The van der Waals surface area contributed by atoms with Gasteiger partial charge in [0.2, 0.25) is 5.91 Å². The number of carboxylic acid groups (broad SMARTS) is 1. The maximum atomic E-state index is 13.3. The van der Waals surface area contributed by atoms with E-state index in [1.807, 2.05) is 30.3 Å². The van der Waals surface area contributed by atoms with Gasteiger partial charge in [-0.3, -0.25) is 14.4 Å². The number of rotatable bonds is 12. The Balaban J connectivity index is 1.78. The summed E-state index contributed by atoms with van der Waals surface area (Å²) in [6.07, 6.45) is 1.07. The third kappa shape index (κ3) is 8.66. The van der Waals surface area contributed by atoms with Crippen molar-refractivity contribution in [3.63, 3.8) is 0 Å². The lowest BCUT2D eigenvalue weighted by atomic mass is 10.1. The molecule has 39 heavy (non-hydrogen) atoms. The number of carboxylic acids is 1. The van der Waals surface area contributed by atoms with Crippen LogP contribution in [0.5, 0.6) is 0 Å². The number of piperazine rings is 1. The average molecular weight is 541 g/mol. The Morgan fingerprint density at radius 1 is 1.03 bits per heavy atom. The molecule has 0 spiro atoms. The van der Waals surface area contributed by atoms with Gasteiger partial charge in [-0.15, -0.1) is 0 Å². The SMILES string of the molecule is CCCCNc1cc(C(=O)NC(CCC(=O)O)C(=O)N2CCN(C(=O)OCC)CC2)nc(-c2ccccc2)n1. The van der Waals surface area contributed by atoms with E-state index in [4.69, 9.17) is 4.74 Å². The van der Waals surface area contributed by atoms with E-state index in [-0.39, 0.29) is 51.3 Å². The van der Waals surface area contributed by atoms with E-state index in [2.05, 4.69) is 27.5 Å². The van der Waals surface area contributed by atoms with Crippen LogP contribution in [0, 0.1) is 0 Å². The zero-order chi connectivity index (χ0) is 28.2. The molecule has 2 aromatic rings. The fourth-order valence-electron chi connectivity index (χ4n) is 4.07. The maximum Gasteiger partial charge on any atom is 0.409 e. The fourth-order valence-corrected chi connectivity index (χ4v) is 4.07. The number of amides is 3. The largest absolute Gasteiger partial charge is 0.481 e. The number of anilines is 1. The Morgan fingerprint density at radius 2 is 1.72 bits per heavy atom. The molecule has 210 valence electrons. The van der Waals surface area contributed by atoms with Crippen molar-refractivity contribution in [1.29, 1.82) is 0 Å². The van der Waals surface area contributed by atoms with Crippen molar-refractivity contribution in [3.05, 3.63) is 42.1 Å². The molecule has 3 N–H and O–H groups in total. The molecule has 12 heteroatoms. The van der Waals surface area contributed by atoms with Gasteiger partial charge in [-0.25, -0.2) is 14.8 Å². The van der Waals surface area contributed by atoms with Gasteiger partial charge in [-0.1, -0.05) is 43.7 Å². The van der Waals surface area contributed by atoms with E-state index < -0.39 is 29.9 Å². The standard InChI is InChI=1S/C27H36N6O6/c1-3-5-13-28-22-18-21(29-24(31-22)19-9-7-6-8-10-19)25(36)30-20(11-12-23(34)35)26(37)32-14-16-33(17-15-32)27(38)39-4-2/h6-10,18,20H,3-5,11-17H2,1-2H3,(H,30,36)(H,34,35)(H,28,29,31). The smallest absolute Gasteiger partial charge is 0.409 e. The molecule has 1 aromatic carbocycles. The average Bonchev–Trinajstić information content (AvgIpc) is 2.95. The number of nitrogens with one attached hydrogen (secondary N) is 2. The third-order valence-electron chi connectivity index (χ3n) is 6.19. The van der Waals surface area contributed by atoms with Gasteiger partial charge >= 0.3 is 12.1 Å². The van der Waals surface area contributed by atoms with Crippen molar-refractivity contribution >= 4 is 29.7 Å². The molecular weight excluding hydrogens is 504 g/mol. The first-order chi connectivity index (χ1) is 18.8. The van der Waals surface area contributed by atoms with E-state index in [1.54, 1.807) is 6.92 Å². The van der Waals surface area contributed by atoms with Crippen molar-refractivity contribution in [2.45, 2.75) is 45.6 Å². The van der Waals surface area contributed by atoms with Gasteiger partial charge in [-0.05, 0) is 19.8 Å². The van der Waals surface area contributed by atoms with E-state index in [1.165, 1.54) is 15.9 Å². The first-order valence-electron chi connectivity index (χ1n) is 13.2. The van der Waals surface area contributed by atoms with E-state index >= 15 is 0 Å². The predicted octanol–water partition coefficient (Wildman–Crippen LogP) is 2.62. The summed E-state index contributed by atoms with van der Waals surface area (Å²) in [5.74, 6) is -1.27. The van der Waals surface area contributed by atoms with Crippen LogP contribution >= 0.6 is 0 Å². The Labute approximate surface area is 227 Å². The minimum atomic E-state index is -1.08. The van der Waals surface area contributed by atoms with Crippen LogP contribution in [0.2, 0.25) is 0 Å². The number of ether oxygens (including phenoxy) is 1. The molecule has 1 aliphatic heterocycles. The molecule has 3 amide bonds. The molecule has 1 atom stereocenters. The van der Waals surface area contributed by atoms with Crippen LogP contribution in [-0.4, -0.2) is 94.1 Å². The highest BCUT2D eigenvalue weighted by Crippen LogP contribution is 2.19. The Hall–Kier alpha value is -4.22. The zero-order valence-corrected chi connectivity index (χ0v) is 22.4. The first-order valence-corrected chi connectivity index (χ1v) is 13.2. The van der Waals surface area contributed by atoms with Crippen LogP contribution in [0.25, 0.3) is 11.4 Å². The van der Waals surface area contributed by atoms with Gasteiger partial charge in [0, 0.05) is 50.8 Å². The first kappa shape index (κ1) is 29.3. The second-order valence-electron chi connectivity index (χ2n) is 9.08. The number of aliphatic carboxylic acids is 1. The number of carbonyl (C=O) groups is 4. The van der Waals surface area contributed by atoms with Gasteiger partial charge in [-0.2, -0.15) is 0 Å². The molecule has 2 heterocycles. The van der Waals surface area contributed by atoms with Crippen LogP contribution in [0.3, 0.4) is 0 Å². The van der Waals surface area contributed by atoms with Gasteiger partial charge < -0.3 is 30.3 Å². The maximum absolute atomic E-state index is 13.3. The molecular formula is C27H36N6O6. The minimum Gasteiger partial charge on any atom is -0.481 e. The summed E-state index contributed by atoms with van der Waals surface area (Å²) in [6.45, 7) is 5.76. The highest BCUT2D eigenvalue weighted by molar-refractivity contribution is 5.97. The summed E-state index contributed by atoms with van der Waals surface area (Å²) in [4.78, 5) is 62.0. The van der Waals surface area contributed by atoms with Crippen molar-refractivity contribution in [1.82, 2.24) is 25.1 Å². The monoisotopic (exact) mass is 540 g/mol. The quantitative estimate of drug-likeness (QED) is 0.345. The van der Waals surface area contributed by atoms with E-state index in [9.17, 15) is 24.3 Å². The van der Waals surface area contributed by atoms with Crippen LogP contribution in [0.15, 0.2) is 36.4 Å². The Bertz CT molecular complexity index is 1140. The molecule has 0 saturated carbocycles. The third-order valence-corrected chi connectivity index (χ3v) is 6.19. The Kier molecular flexibility index (Phi) is 11.0. The summed E-state index contributed by atoms with van der Waals surface area (Å²) < 4.78 is 5.02. The van der Waals surface area contributed by atoms with Crippen LogP contribution in [-0.2, 0) is 14.3 Å². The second kappa shape index (κ2) is 14.6. The van der Waals surface area contributed by atoms with Gasteiger partial charge in [0.25, 0.3) is 5.91 Å².